The van der Waals surface area contributed by atoms with Crippen molar-refractivity contribution in [3.05, 3.63) is 104 Å². The third kappa shape index (κ3) is 4.07. The van der Waals surface area contributed by atoms with Gasteiger partial charge in [-0.2, -0.15) is 0 Å². The SMILES string of the molecule is Cc1ccc(C)c(Cc2cc(Cc3cc(C)ccc3C)c(C)cc2C)c1. The van der Waals surface area contributed by atoms with E-state index in [2.05, 4.69) is 90.1 Å². The molecule has 0 amide bonds. The summed E-state index contributed by atoms with van der Waals surface area (Å²) in [5.74, 6) is 0. The van der Waals surface area contributed by atoms with Gasteiger partial charge in [-0.15, -0.1) is 0 Å². The van der Waals surface area contributed by atoms with E-state index in [9.17, 15) is 0 Å². The molecule has 0 aliphatic rings. The van der Waals surface area contributed by atoms with Gasteiger partial charge in [0.25, 0.3) is 0 Å². The topological polar surface area (TPSA) is 0 Å². The third-order valence-electron chi connectivity index (χ3n) is 5.57. The molecule has 0 N–H and O–H groups in total. The summed E-state index contributed by atoms with van der Waals surface area (Å²) in [6.07, 6.45) is 2.03. The van der Waals surface area contributed by atoms with Gasteiger partial charge in [-0.1, -0.05) is 59.7 Å². The molecule has 3 aromatic rings. The van der Waals surface area contributed by atoms with Crippen molar-refractivity contribution in [1.82, 2.24) is 0 Å². The van der Waals surface area contributed by atoms with E-state index in [-0.39, 0.29) is 0 Å². The van der Waals surface area contributed by atoms with Gasteiger partial charge in [0.15, 0.2) is 0 Å². The van der Waals surface area contributed by atoms with Gasteiger partial charge in [-0.3, -0.25) is 0 Å². The van der Waals surface area contributed by atoms with E-state index in [0.717, 1.165) is 12.8 Å². The predicted molar refractivity (Wildman–Crippen MR) is 113 cm³/mol. The lowest BCUT2D eigenvalue weighted by atomic mass is 9.90. The maximum absolute atomic E-state index is 2.44. The highest BCUT2D eigenvalue weighted by molar-refractivity contribution is 5.45. The molecular weight excluding hydrogens is 312 g/mol. The molecule has 0 unspecified atom stereocenters. The minimum atomic E-state index is 1.01. The van der Waals surface area contributed by atoms with Crippen LogP contribution in [-0.4, -0.2) is 0 Å². The van der Waals surface area contributed by atoms with Gasteiger partial charge in [-0.25, -0.2) is 0 Å². The maximum atomic E-state index is 2.44. The second-order valence-electron chi connectivity index (χ2n) is 7.92. The molecule has 0 bridgehead atoms. The Hall–Kier alpha value is -2.34. The predicted octanol–water partition coefficient (Wildman–Crippen LogP) is 6.72. The molecule has 0 atom stereocenters. The van der Waals surface area contributed by atoms with Crippen LogP contribution < -0.4 is 0 Å². The van der Waals surface area contributed by atoms with Crippen molar-refractivity contribution in [2.24, 2.45) is 0 Å². The summed E-state index contributed by atoms with van der Waals surface area (Å²) in [4.78, 5) is 0. The Morgan fingerprint density at radius 3 is 1.23 bits per heavy atom. The number of rotatable bonds is 4. The van der Waals surface area contributed by atoms with E-state index in [4.69, 9.17) is 0 Å². The molecule has 0 aromatic heterocycles. The number of aryl methyl sites for hydroxylation is 6. The Morgan fingerprint density at radius 2 is 0.808 bits per heavy atom. The third-order valence-corrected chi connectivity index (χ3v) is 5.57. The maximum Gasteiger partial charge on any atom is -0.00203 e. The van der Waals surface area contributed by atoms with Crippen molar-refractivity contribution in [3.8, 4) is 0 Å². The summed E-state index contributed by atoms with van der Waals surface area (Å²) in [6.45, 7) is 13.3. The van der Waals surface area contributed by atoms with Crippen molar-refractivity contribution < 1.29 is 0 Å². The van der Waals surface area contributed by atoms with Crippen molar-refractivity contribution in [2.75, 3.05) is 0 Å². The molecule has 0 radical (unpaired) electrons. The molecule has 0 fully saturated rings. The van der Waals surface area contributed by atoms with Gasteiger partial charge in [0.05, 0.1) is 0 Å². The zero-order chi connectivity index (χ0) is 18.8. The van der Waals surface area contributed by atoms with Crippen LogP contribution in [0.15, 0.2) is 48.5 Å². The summed E-state index contributed by atoms with van der Waals surface area (Å²) in [5, 5.41) is 0. The fourth-order valence-electron chi connectivity index (χ4n) is 3.72. The van der Waals surface area contributed by atoms with E-state index in [1.54, 1.807) is 0 Å². The summed E-state index contributed by atoms with van der Waals surface area (Å²) in [7, 11) is 0. The van der Waals surface area contributed by atoms with Crippen LogP contribution in [-0.2, 0) is 12.8 Å². The van der Waals surface area contributed by atoms with E-state index in [0.29, 0.717) is 0 Å². The molecule has 0 spiro atoms. The number of hydrogen-bond acceptors (Lipinski definition) is 0. The van der Waals surface area contributed by atoms with Crippen LogP contribution in [0.4, 0.5) is 0 Å². The fraction of sp³-hybridized carbons (Fsp3) is 0.308. The quantitative estimate of drug-likeness (QED) is 0.494. The van der Waals surface area contributed by atoms with Gasteiger partial charge in [0.2, 0.25) is 0 Å². The van der Waals surface area contributed by atoms with Gasteiger partial charge in [0.1, 0.15) is 0 Å². The number of hydrogen-bond donors (Lipinski definition) is 0. The van der Waals surface area contributed by atoms with E-state index in [1.807, 2.05) is 0 Å². The van der Waals surface area contributed by atoms with E-state index >= 15 is 0 Å². The Morgan fingerprint density at radius 1 is 0.423 bits per heavy atom. The van der Waals surface area contributed by atoms with Gasteiger partial charge in [0, 0.05) is 0 Å². The lowest BCUT2D eigenvalue weighted by Crippen LogP contribution is -2.01. The van der Waals surface area contributed by atoms with Crippen molar-refractivity contribution >= 4 is 0 Å². The standard InChI is InChI=1S/C26H30/c1-17-7-9-19(3)23(11-17)14-25-16-26(22(6)13-21(25)5)15-24-12-18(2)8-10-20(24)4/h7-13,16H,14-15H2,1-6H3. The summed E-state index contributed by atoms with van der Waals surface area (Å²) in [6, 6.07) is 18.4. The first-order chi connectivity index (χ1) is 12.3. The molecule has 0 aliphatic carbocycles. The van der Waals surface area contributed by atoms with Crippen molar-refractivity contribution in [2.45, 2.75) is 54.4 Å². The zero-order valence-corrected chi connectivity index (χ0v) is 17.0. The molecule has 0 heteroatoms. The van der Waals surface area contributed by atoms with Gasteiger partial charge in [-0.05, 0) is 98.9 Å². The second-order valence-corrected chi connectivity index (χ2v) is 7.92. The van der Waals surface area contributed by atoms with Crippen LogP contribution >= 0.6 is 0 Å². The molecule has 26 heavy (non-hydrogen) atoms. The van der Waals surface area contributed by atoms with Gasteiger partial charge >= 0.3 is 0 Å². The van der Waals surface area contributed by atoms with Crippen molar-refractivity contribution in [1.29, 1.82) is 0 Å². The van der Waals surface area contributed by atoms with Crippen LogP contribution in [0.25, 0.3) is 0 Å². The minimum absolute atomic E-state index is 1.01. The van der Waals surface area contributed by atoms with E-state index < -0.39 is 0 Å². The molecule has 3 aromatic carbocycles. The average Bonchev–Trinajstić information content (AvgIpc) is 2.58. The molecule has 3 rings (SSSR count). The molecule has 0 saturated carbocycles. The highest BCUT2D eigenvalue weighted by Gasteiger charge is 2.09. The Bertz CT molecular complexity index is 870. The van der Waals surface area contributed by atoms with E-state index in [1.165, 1.54) is 55.6 Å². The largest absolute Gasteiger partial charge is 0.0590 e. The summed E-state index contributed by atoms with van der Waals surface area (Å²) >= 11 is 0. The molecule has 134 valence electrons. The van der Waals surface area contributed by atoms with Crippen molar-refractivity contribution in [3.63, 3.8) is 0 Å². The normalized spacial score (nSPS) is 11.0. The lowest BCUT2D eigenvalue weighted by molar-refractivity contribution is 1.07. The van der Waals surface area contributed by atoms with Crippen LogP contribution in [0, 0.1) is 41.5 Å². The first-order valence-electron chi connectivity index (χ1n) is 9.54. The summed E-state index contributed by atoms with van der Waals surface area (Å²) in [5.41, 5.74) is 14.0. The molecule has 0 saturated heterocycles. The number of benzene rings is 3. The highest BCUT2D eigenvalue weighted by Crippen LogP contribution is 2.24. The molecule has 0 nitrogen and oxygen atoms in total. The molecular formula is C26H30. The molecule has 0 aliphatic heterocycles. The average molecular weight is 343 g/mol. The van der Waals surface area contributed by atoms with Gasteiger partial charge < -0.3 is 0 Å². The first-order valence-corrected chi connectivity index (χ1v) is 9.54. The zero-order valence-electron chi connectivity index (χ0n) is 17.0. The highest BCUT2D eigenvalue weighted by atomic mass is 14.1. The molecule has 0 heterocycles. The smallest absolute Gasteiger partial charge is 0.00203 e. The first kappa shape index (κ1) is 18.5. The van der Waals surface area contributed by atoms with Crippen LogP contribution in [0.3, 0.4) is 0 Å². The van der Waals surface area contributed by atoms with Crippen LogP contribution in [0.5, 0.6) is 0 Å². The van der Waals surface area contributed by atoms with Crippen LogP contribution in [0.2, 0.25) is 0 Å². The Balaban J connectivity index is 1.96. The Labute approximate surface area is 158 Å². The Kier molecular flexibility index (Phi) is 5.32. The fourth-order valence-corrected chi connectivity index (χ4v) is 3.72. The lowest BCUT2D eigenvalue weighted by Gasteiger charge is -2.15. The summed E-state index contributed by atoms with van der Waals surface area (Å²) < 4.78 is 0. The minimum Gasteiger partial charge on any atom is -0.0590 e. The van der Waals surface area contributed by atoms with Crippen LogP contribution in [0.1, 0.15) is 55.6 Å². The monoisotopic (exact) mass is 342 g/mol. The second kappa shape index (κ2) is 7.50.